The molecule has 3 heteroatoms. The van der Waals surface area contributed by atoms with Gasteiger partial charge in [0.25, 0.3) is 0 Å². The van der Waals surface area contributed by atoms with Crippen molar-refractivity contribution in [2.24, 2.45) is 0 Å². The Morgan fingerprint density at radius 1 is 1.80 bits per heavy atom. The van der Waals surface area contributed by atoms with Crippen molar-refractivity contribution in [1.29, 1.82) is 0 Å². The number of carboxylic acid groups (broad SMARTS) is 1. The van der Waals surface area contributed by atoms with Gasteiger partial charge in [0, 0.05) is 5.70 Å². The van der Waals surface area contributed by atoms with Crippen molar-refractivity contribution in [3.63, 3.8) is 0 Å². The molecule has 0 aromatic heterocycles. The molecule has 10 heavy (non-hydrogen) atoms. The van der Waals surface area contributed by atoms with Crippen molar-refractivity contribution in [2.75, 3.05) is 0 Å². The van der Waals surface area contributed by atoms with E-state index in [2.05, 4.69) is 11.9 Å². The number of carbonyl (C=O) groups is 1. The first-order chi connectivity index (χ1) is 4.57. The predicted octanol–water partition coefficient (Wildman–Crippen LogP) is -0.362. The molecule has 0 aliphatic rings. The molecule has 58 valence electrons. The Balaban J connectivity index is 3.83. The largest absolute Gasteiger partial charge is 0.548 e. The zero-order valence-electron chi connectivity index (χ0n) is 6.31. The highest BCUT2D eigenvalue weighted by molar-refractivity contribution is 5.71. The van der Waals surface area contributed by atoms with Gasteiger partial charge in [-0.3, -0.25) is 0 Å². The number of nitrogens with one attached hydrogen (secondary N) is 1. The number of aliphatic carboxylic acids is 1. The molecule has 0 aliphatic heterocycles. The Bertz CT molecular complexity index is 143. The van der Waals surface area contributed by atoms with Crippen LogP contribution in [-0.2, 0) is 4.79 Å². The van der Waals surface area contributed by atoms with E-state index < -0.39 is 12.0 Å². The van der Waals surface area contributed by atoms with E-state index in [0.717, 1.165) is 0 Å². The first kappa shape index (κ1) is 9.01. The lowest BCUT2D eigenvalue weighted by Gasteiger charge is -2.18. The fraction of sp³-hybridized carbons (Fsp3) is 0.571. The Kier molecular flexibility index (Phi) is 3.54. The van der Waals surface area contributed by atoms with Crippen LogP contribution in [-0.4, -0.2) is 12.0 Å². The van der Waals surface area contributed by atoms with Crippen LogP contribution in [0.15, 0.2) is 12.3 Å². The Hall–Kier alpha value is -0.990. The summed E-state index contributed by atoms with van der Waals surface area (Å²) < 4.78 is 0. The highest BCUT2D eigenvalue weighted by Gasteiger charge is 2.03. The van der Waals surface area contributed by atoms with Gasteiger partial charge < -0.3 is 15.2 Å². The molecule has 0 unspecified atom stereocenters. The van der Waals surface area contributed by atoms with Crippen molar-refractivity contribution in [2.45, 2.75) is 26.3 Å². The van der Waals surface area contributed by atoms with Crippen LogP contribution in [0.25, 0.3) is 0 Å². The standard InChI is InChI=1S/C7H13NO2/c1-4-6(7(9)10)8-5(2)3/h6,8H,2,4H2,1,3H3,(H,9,10)/p-1/t6-/m0/s1. The molecular formula is C7H12NO2-. The van der Waals surface area contributed by atoms with Crippen LogP contribution in [0, 0.1) is 0 Å². The SMILES string of the molecule is C=C(C)N[C@@H](CC)C(=O)[O-]. The molecule has 0 fully saturated rings. The number of hydrogen-bond acceptors (Lipinski definition) is 3. The molecular weight excluding hydrogens is 130 g/mol. The summed E-state index contributed by atoms with van der Waals surface area (Å²) in [5.74, 6) is -1.08. The van der Waals surface area contributed by atoms with E-state index >= 15 is 0 Å². The highest BCUT2D eigenvalue weighted by atomic mass is 16.4. The van der Waals surface area contributed by atoms with Gasteiger partial charge in [-0.25, -0.2) is 0 Å². The molecule has 0 spiro atoms. The van der Waals surface area contributed by atoms with Gasteiger partial charge >= 0.3 is 0 Å². The molecule has 1 N–H and O–H groups in total. The summed E-state index contributed by atoms with van der Waals surface area (Å²) in [6.45, 7) is 7.01. The molecule has 0 bridgehead atoms. The van der Waals surface area contributed by atoms with Crippen LogP contribution in [0.2, 0.25) is 0 Å². The fourth-order valence-electron chi connectivity index (χ4n) is 0.625. The van der Waals surface area contributed by atoms with E-state index in [1.54, 1.807) is 13.8 Å². The molecule has 0 saturated heterocycles. The van der Waals surface area contributed by atoms with Crippen LogP contribution in [0.3, 0.4) is 0 Å². The first-order valence-electron chi connectivity index (χ1n) is 3.20. The van der Waals surface area contributed by atoms with E-state index in [1.807, 2.05) is 0 Å². The van der Waals surface area contributed by atoms with E-state index in [1.165, 1.54) is 0 Å². The second-order valence-corrected chi connectivity index (χ2v) is 2.20. The third-order valence-electron chi connectivity index (χ3n) is 1.11. The van der Waals surface area contributed by atoms with Gasteiger partial charge in [-0.1, -0.05) is 13.5 Å². The van der Waals surface area contributed by atoms with Gasteiger partial charge in [-0.05, 0) is 13.3 Å². The molecule has 1 atom stereocenters. The number of carboxylic acids is 1. The quantitative estimate of drug-likeness (QED) is 0.583. The summed E-state index contributed by atoms with van der Waals surface area (Å²) in [5.41, 5.74) is 0.649. The molecule has 0 heterocycles. The van der Waals surface area contributed by atoms with Crippen molar-refractivity contribution in [3.8, 4) is 0 Å². The topological polar surface area (TPSA) is 52.2 Å². The van der Waals surface area contributed by atoms with Crippen molar-refractivity contribution < 1.29 is 9.90 Å². The second-order valence-electron chi connectivity index (χ2n) is 2.20. The summed E-state index contributed by atoms with van der Waals surface area (Å²) in [6.07, 6.45) is 0.509. The Morgan fingerprint density at radius 2 is 2.30 bits per heavy atom. The van der Waals surface area contributed by atoms with E-state index in [9.17, 15) is 9.90 Å². The summed E-state index contributed by atoms with van der Waals surface area (Å²) in [6, 6.07) is -0.600. The van der Waals surface area contributed by atoms with Crippen molar-refractivity contribution >= 4 is 5.97 Å². The molecule has 0 rings (SSSR count). The number of allylic oxidation sites excluding steroid dienone is 1. The average molecular weight is 142 g/mol. The molecule has 0 amide bonds. The van der Waals surface area contributed by atoms with Crippen molar-refractivity contribution in [1.82, 2.24) is 5.32 Å². The lowest BCUT2D eigenvalue weighted by molar-refractivity contribution is -0.308. The second kappa shape index (κ2) is 3.93. The maximum absolute atomic E-state index is 10.3. The Morgan fingerprint density at radius 3 is 2.40 bits per heavy atom. The molecule has 0 aromatic carbocycles. The summed E-state index contributed by atoms with van der Waals surface area (Å²) >= 11 is 0. The monoisotopic (exact) mass is 142 g/mol. The van der Waals surface area contributed by atoms with E-state index in [4.69, 9.17) is 0 Å². The third kappa shape index (κ3) is 3.12. The van der Waals surface area contributed by atoms with Crippen LogP contribution in [0.4, 0.5) is 0 Å². The van der Waals surface area contributed by atoms with Crippen molar-refractivity contribution in [3.05, 3.63) is 12.3 Å². The minimum Gasteiger partial charge on any atom is -0.548 e. The molecule has 3 nitrogen and oxygen atoms in total. The van der Waals surface area contributed by atoms with Crippen LogP contribution >= 0.6 is 0 Å². The van der Waals surface area contributed by atoms with Gasteiger partial charge in [0.15, 0.2) is 0 Å². The smallest absolute Gasteiger partial charge is 0.0652 e. The third-order valence-corrected chi connectivity index (χ3v) is 1.11. The first-order valence-corrected chi connectivity index (χ1v) is 3.20. The molecule has 0 aliphatic carbocycles. The summed E-state index contributed by atoms with van der Waals surface area (Å²) in [7, 11) is 0. The lowest BCUT2D eigenvalue weighted by atomic mass is 10.2. The average Bonchev–Trinajstić information content (AvgIpc) is 1.81. The minimum atomic E-state index is -1.08. The maximum Gasteiger partial charge on any atom is 0.0652 e. The molecule has 0 radical (unpaired) electrons. The zero-order chi connectivity index (χ0) is 8.15. The van der Waals surface area contributed by atoms with Gasteiger partial charge in [-0.2, -0.15) is 0 Å². The fourth-order valence-corrected chi connectivity index (χ4v) is 0.625. The normalized spacial score (nSPS) is 12.2. The van der Waals surface area contributed by atoms with Crippen LogP contribution in [0.1, 0.15) is 20.3 Å². The van der Waals surface area contributed by atoms with Crippen LogP contribution in [0.5, 0.6) is 0 Å². The number of carbonyl (C=O) groups excluding carboxylic acids is 1. The highest BCUT2D eigenvalue weighted by Crippen LogP contribution is 1.91. The summed E-state index contributed by atoms with van der Waals surface area (Å²) in [4.78, 5) is 10.3. The van der Waals surface area contributed by atoms with Crippen LogP contribution < -0.4 is 10.4 Å². The lowest BCUT2D eigenvalue weighted by Crippen LogP contribution is -2.44. The maximum atomic E-state index is 10.3. The molecule has 0 aromatic rings. The van der Waals surface area contributed by atoms with E-state index in [0.29, 0.717) is 12.1 Å². The summed E-state index contributed by atoms with van der Waals surface area (Å²) in [5, 5.41) is 12.9. The molecule has 0 saturated carbocycles. The van der Waals surface area contributed by atoms with Gasteiger partial charge in [-0.15, -0.1) is 0 Å². The van der Waals surface area contributed by atoms with E-state index in [-0.39, 0.29) is 0 Å². The van der Waals surface area contributed by atoms with Gasteiger partial charge in [0.05, 0.1) is 12.0 Å². The van der Waals surface area contributed by atoms with Gasteiger partial charge in [0.1, 0.15) is 0 Å². The van der Waals surface area contributed by atoms with Gasteiger partial charge in [0.2, 0.25) is 0 Å². The number of rotatable bonds is 4. The predicted molar refractivity (Wildman–Crippen MR) is 37.0 cm³/mol. The zero-order valence-corrected chi connectivity index (χ0v) is 6.31. The minimum absolute atomic E-state index is 0.509. The number of hydrogen-bond donors (Lipinski definition) is 1. The Labute approximate surface area is 60.7 Å².